The van der Waals surface area contributed by atoms with Crippen molar-refractivity contribution in [3.63, 3.8) is 0 Å². The Morgan fingerprint density at radius 2 is 1.93 bits per heavy atom. The first-order valence-electron chi connectivity index (χ1n) is 6.55. The fourth-order valence-corrected chi connectivity index (χ4v) is 2.19. The average molecular weight is 213 g/mol. The highest BCUT2D eigenvalue weighted by molar-refractivity contribution is 4.91. The van der Waals surface area contributed by atoms with Gasteiger partial charge in [-0.1, -0.05) is 20.8 Å². The van der Waals surface area contributed by atoms with E-state index in [1.165, 1.54) is 19.3 Å². The van der Waals surface area contributed by atoms with Crippen LogP contribution in [-0.2, 0) is 4.74 Å². The second-order valence-electron chi connectivity index (χ2n) is 4.98. The van der Waals surface area contributed by atoms with Crippen LogP contribution < -0.4 is 5.32 Å². The average Bonchev–Trinajstić information content (AvgIpc) is 2.99. The van der Waals surface area contributed by atoms with Crippen LogP contribution in [0.1, 0.15) is 47.0 Å². The van der Waals surface area contributed by atoms with Gasteiger partial charge in [-0.3, -0.25) is 0 Å². The Balaban J connectivity index is 2.48. The molecule has 0 saturated heterocycles. The highest BCUT2D eigenvalue weighted by Crippen LogP contribution is 2.37. The third kappa shape index (κ3) is 4.12. The van der Waals surface area contributed by atoms with Crippen LogP contribution in [0.4, 0.5) is 0 Å². The molecule has 0 bridgehead atoms. The molecule has 1 aliphatic rings. The summed E-state index contributed by atoms with van der Waals surface area (Å²) < 4.78 is 5.92. The maximum atomic E-state index is 5.92. The largest absolute Gasteiger partial charge is 0.377 e. The molecule has 1 fully saturated rings. The molecule has 1 N–H and O–H groups in total. The third-order valence-electron chi connectivity index (χ3n) is 3.15. The van der Waals surface area contributed by atoms with Crippen molar-refractivity contribution in [1.82, 2.24) is 5.32 Å². The van der Waals surface area contributed by atoms with Crippen LogP contribution in [-0.4, -0.2) is 25.3 Å². The quantitative estimate of drug-likeness (QED) is 0.669. The monoisotopic (exact) mass is 213 g/mol. The molecule has 0 spiro atoms. The van der Waals surface area contributed by atoms with Crippen LogP contribution in [0, 0.1) is 11.8 Å². The maximum Gasteiger partial charge on any atom is 0.0758 e. The van der Waals surface area contributed by atoms with Crippen molar-refractivity contribution < 1.29 is 4.74 Å². The Kier molecular flexibility index (Phi) is 5.62. The van der Waals surface area contributed by atoms with Crippen molar-refractivity contribution in [2.45, 2.75) is 59.1 Å². The molecule has 15 heavy (non-hydrogen) atoms. The molecule has 0 heterocycles. The first kappa shape index (κ1) is 13.0. The molecular formula is C13H27NO. The molecule has 2 unspecified atom stereocenters. The van der Waals surface area contributed by atoms with Gasteiger partial charge < -0.3 is 10.1 Å². The molecule has 1 rings (SSSR count). The first-order valence-corrected chi connectivity index (χ1v) is 6.55. The number of hydrogen-bond acceptors (Lipinski definition) is 2. The van der Waals surface area contributed by atoms with Crippen molar-refractivity contribution in [2.24, 2.45) is 11.8 Å². The summed E-state index contributed by atoms with van der Waals surface area (Å²) >= 11 is 0. The van der Waals surface area contributed by atoms with Gasteiger partial charge >= 0.3 is 0 Å². The van der Waals surface area contributed by atoms with Crippen molar-refractivity contribution in [3.05, 3.63) is 0 Å². The van der Waals surface area contributed by atoms with Gasteiger partial charge in [-0.05, 0) is 44.6 Å². The Labute approximate surface area is 94.8 Å². The van der Waals surface area contributed by atoms with Crippen LogP contribution in [0.2, 0.25) is 0 Å². The summed E-state index contributed by atoms with van der Waals surface area (Å²) in [5, 5.41) is 3.65. The Morgan fingerprint density at radius 3 is 2.33 bits per heavy atom. The third-order valence-corrected chi connectivity index (χ3v) is 3.15. The molecule has 2 nitrogen and oxygen atoms in total. The minimum Gasteiger partial charge on any atom is -0.377 e. The molecule has 0 aliphatic heterocycles. The van der Waals surface area contributed by atoms with E-state index in [1.54, 1.807) is 0 Å². The lowest BCUT2D eigenvalue weighted by molar-refractivity contribution is 0.00718. The van der Waals surface area contributed by atoms with E-state index in [0.717, 1.165) is 19.1 Å². The zero-order valence-corrected chi connectivity index (χ0v) is 10.8. The lowest BCUT2D eigenvalue weighted by atomic mass is 9.95. The lowest BCUT2D eigenvalue weighted by Crippen LogP contribution is -2.46. The Bertz CT molecular complexity index is 166. The van der Waals surface area contributed by atoms with Crippen LogP contribution in [0.3, 0.4) is 0 Å². The van der Waals surface area contributed by atoms with Crippen molar-refractivity contribution in [2.75, 3.05) is 13.2 Å². The fourth-order valence-electron chi connectivity index (χ4n) is 2.19. The highest BCUT2D eigenvalue weighted by atomic mass is 16.5. The molecule has 0 radical (unpaired) electrons. The first-order chi connectivity index (χ1) is 7.20. The van der Waals surface area contributed by atoms with E-state index in [1.807, 2.05) is 0 Å². The van der Waals surface area contributed by atoms with E-state index < -0.39 is 0 Å². The van der Waals surface area contributed by atoms with Gasteiger partial charge in [0.15, 0.2) is 0 Å². The van der Waals surface area contributed by atoms with E-state index in [2.05, 4.69) is 33.0 Å². The van der Waals surface area contributed by atoms with Gasteiger partial charge in [0.1, 0.15) is 0 Å². The molecule has 0 aromatic rings. The SMILES string of the molecule is CCCNC(C(C)C)C(OCC)C1CC1. The standard InChI is InChI=1S/C13H27NO/c1-5-9-14-12(10(3)4)13(15-6-2)11-7-8-11/h10-14H,5-9H2,1-4H3. The van der Waals surface area contributed by atoms with Gasteiger partial charge in [0.05, 0.1) is 6.10 Å². The van der Waals surface area contributed by atoms with Gasteiger partial charge in [-0.15, -0.1) is 0 Å². The minimum absolute atomic E-state index is 0.446. The van der Waals surface area contributed by atoms with Gasteiger partial charge in [-0.2, -0.15) is 0 Å². The Hall–Kier alpha value is -0.0800. The van der Waals surface area contributed by atoms with Crippen molar-refractivity contribution >= 4 is 0 Å². The molecule has 2 atom stereocenters. The predicted molar refractivity (Wildman–Crippen MR) is 65.1 cm³/mol. The van der Waals surface area contributed by atoms with Crippen molar-refractivity contribution in [3.8, 4) is 0 Å². The molecular weight excluding hydrogens is 186 g/mol. The zero-order chi connectivity index (χ0) is 11.3. The van der Waals surface area contributed by atoms with Crippen LogP contribution in [0.25, 0.3) is 0 Å². The van der Waals surface area contributed by atoms with Gasteiger partial charge in [0.2, 0.25) is 0 Å². The van der Waals surface area contributed by atoms with E-state index in [9.17, 15) is 0 Å². The minimum atomic E-state index is 0.446. The number of nitrogens with one attached hydrogen (secondary N) is 1. The van der Waals surface area contributed by atoms with E-state index in [-0.39, 0.29) is 0 Å². The summed E-state index contributed by atoms with van der Waals surface area (Å²) in [5.41, 5.74) is 0. The van der Waals surface area contributed by atoms with E-state index >= 15 is 0 Å². The predicted octanol–water partition coefficient (Wildman–Crippen LogP) is 2.83. The van der Waals surface area contributed by atoms with Crippen molar-refractivity contribution in [1.29, 1.82) is 0 Å². The summed E-state index contributed by atoms with van der Waals surface area (Å²) in [6, 6.07) is 0.539. The number of hydrogen-bond donors (Lipinski definition) is 1. The molecule has 2 heteroatoms. The van der Waals surface area contributed by atoms with E-state index in [4.69, 9.17) is 4.74 Å². The molecule has 90 valence electrons. The second kappa shape index (κ2) is 6.49. The number of ether oxygens (including phenoxy) is 1. The zero-order valence-electron chi connectivity index (χ0n) is 10.8. The van der Waals surface area contributed by atoms with Crippen LogP contribution in [0.5, 0.6) is 0 Å². The lowest BCUT2D eigenvalue weighted by Gasteiger charge is -2.31. The molecule has 0 amide bonds. The smallest absolute Gasteiger partial charge is 0.0758 e. The summed E-state index contributed by atoms with van der Waals surface area (Å²) in [6.45, 7) is 10.9. The summed E-state index contributed by atoms with van der Waals surface area (Å²) in [4.78, 5) is 0. The number of rotatable bonds is 8. The van der Waals surface area contributed by atoms with Gasteiger partial charge in [0.25, 0.3) is 0 Å². The molecule has 1 saturated carbocycles. The second-order valence-corrected chi connectivity index (χ2v) is 4.98. The molecule has 0 aromatic heterocycles. The molecule has 0 aromatic carbocycles. The topological polar surface area (TPSA) is 21.3 Å². The highest BCUT2D eigenvalue weighted by Gasteiger charge is 2.38. The van der Waals surface area contributed by atoms with Gasteiger partial charge in [0, 0.05) is 12.6 Å². The normalized spacial score (nSPS) is 20.6. The van der Waals surface area contributed by atoms with Crippen LogP contribution in [0.15, 0.2) is 0 Å². The molecule has 1 aliphatic carbocycles. The van der Waals surface area contributed by atoms with Crippen LogP contribution >= 0.6 is 0 Å². The maximum absolute atomic E-state index is 5.92. The Morgan fingerprint density at radius 1 is 1.27 bits per heavy atom. The van der Waals surface area contributed by atoms with E-state index in [0.29, 0.717) is 18.1 Å². The summed E-state index contributed by atoms with van der Waals surface area (Å²) in [6.07, 6.45) is 4.37. The fraction of sp³-hybridized carbons (Fsp3) is 1.00. The summed E-state index contributed by atoms with van der Waals surface area (Å²) in [5.74, 6) is 1.48. The summed E-state index contributed by atoms with van der Waals surface area (Å²) in [7, 11) is 0. The van der Waals surface area contributed by atoms with Gasteiger partial charge in [-0.25, -0.2) is 0 Å².